The maximum atomic E-state index is 12.0. The van der Waals surface area contributed by atoms with Crippen LogP contribution in [0.1, 0.15) is 12.8 Å². The molecular formula is C12H13N3OS. The van der Waals surface area contributed by atoms with Gasteiger partial charge in [-0.15, -0.1) is 11.8 Å². The normalized spacial score (nSPS) is 19.6. The highest BCUT2D eigenvalue weighted by Crippen LogP contribution is 2.28. The van der Waals surface area contributed by atoms with Crippen molar-refractivity contribution in [2.24, 2.45) is 0 Å². The Labute approximate surface area is 103 Å². The van der Waals surface area contributed by atoms with Crippen molar-refractivity contribution in [3.05, 3.63) is 24.3 Å². The topological polar surface area (TPSA) is 57.8 Å². The van der Waals surface area contributed by atoms with E-state index in [-0.39, 0.29) is 11.2 Å². The third kappa shape index (κ3) is 2.02. The number of benzene rings is 1. The minimum Gasteiger partial charge on any atom is -0.308 e. The number of amides is 1. The second-order valence-electron chi connectivity index (χ2n) is 4.11. The fourth-order valence-electron chi connectivity index (χ4n) is 2.04. The van der Waals surface area contributed by atoms with E-state index in [9.17, 15) is 4.79 Å². The van der Waals surface area contributed by atoms with E-state index in [0.717, 1.165) is 29.5 Å². The first-order valence-corrected chi connectivity index (χ1v) is 6.75. The molecule has 1 aliphatic heterocycles. The Bertz CT molecular complexity index is 545. The van der Waals surface area contributed by atoms with Crippen molar-refractivity contribution in [2.45, 2.75) is 18.1 Å². The molecule has 88 valence electrons. The highest BCUT2D eigenvalue weighted by Gasteiger charge is 2.24. The second-order valence-corrected chi connectivity index (χ2v) is 5.42. The van der Waals surface area contributed by atoms with E-state index in [1.54, 1.807) is 11.8 Å². The number of H-pyrrole nitrogens is 1. The third-order valence-corrected chi connectivity index (χ3v) is 4.31. The zero-order valence-electron chi connectivity index (χ0n) is 9.27. The quantitative estimate of drug-likeness (QED) is 0.856. The molecular weight excluding hydrogens is 234 g/mol. The van der Waals surface area contributed by atoms with Crippen LogP contribution in [-0.2, 0) is 4.79 Å². The van der Waals surface area contributed by atoms with Crippen molar-refractivity contribution in [3.63, 3.8) is 0 Å². The molecule has 5 heteroatoms. The van der Waals surface area contributed by atoms with Gasteiger partial charge in [-0.05, 0) is 30.7 Å². The summed E-state index contributed by atoms with van der Waals surface area (Å²) < 4.78 is 0. The monoisotopic (exact) mass is 247 g/mol. The summed E-state index contributed by atoms with van der Waals surface area (Å²) in [5.41, 5.74) is 0.946. The van der Waals surface area contributed by atoms with E-state index >= 15 is 0 Å². The third-order valence-electron chi connectivity index (χ3n) is 2.93. The van der Waals surface area contributed by atoms with Crippen LogP contribution < -0.4 is 5.32 Å². The molecule has 1 atom stereocenters. The van der Waals surface area contributed by atoms with Crippen LogP contribution in [0.5, 0.6) is 0 Å². The minimum absolute atomic E-state index is 0.0738. The molecule has 0 spiro atoms. The number of fused-ring (bicyclic) bond motifs is 1. The Morgan fingerprint density at radius 1 is 1.47 bits per heavy atom. The van der Waals surface area contributed by atoms with E-state index in [2.05, 4.69) is 15.5 Å². The number of anilines is 1. The van der Waals surface area contributed by atoms with E-state index in [1.165, 1.54) is 0 Å². The van der Waals surface area contributed by atoms with Crippen molar-refractivity contribution in [2.75, 3.05) is 11.1 Å². The molecule has 17 heavy (non-hydrogen) atoms. The average molecular weight is 247 g/mol. The number of carbonyl (C=O) groups is 1. The molecule has 4 nitrogen and oxygen atoms in total. The predicted molar refractivity (Wildman–Crippen MR) is 70.2 cm³/mol. The number of aromatic amines is 1. The Morgan fingerprint density at radius 3 is 3.18 bits per heavy atom. The largest absolute Gasteiger partial charge is 0.308 e. The standard InChI is InChI=1S/C12H13N3OS/c16-12(10-6-3-7-17-10)13-11-8-4-1-2-5-9(8)14-15-11/h1-2,4-5,10H,3,6-7H2,(H2,13,14,15,16). The lowest BCUT2D eigenvalue weighted by Gasteiger charge is -2.07. The van der Waals surface area contributed by atoms with Gasteiger partial charge in [0.1, 0.15) is 0 Å². The van der Waals surface area contributed by atoms with Crippen LogP contribution in [0.4, 0.5) is 5.82 Å². The maximum Gasteiger partial charge on any atom is 0.238 e. The number of aromatic nitrogens is 2. The summed E-state index contributed by atoms with van der Waals surface area (Å²) in [6, 6.07) is 7.79. The number of nitrogens with one attached hydrogen (secondary N) is 2. The molecule has 1 aromatic heterocycles. The van der Waals surface area contributed by atoms with Gasteiger partial charge in [-0.1, -0.05) is 12.1 Å². The van der Waals surface area contributed by atoms with Gasteiger partial charge in [-0.2, -0.15) is 5.10 Å². The van der Waals surface area contributed by atoms with Gasteiger partial charge in [-0.25, -0.2) is 0 Å². The molecule has 2 heterocycles. The van der Waals surface area contributed by atoms with E-state index in [1.807, 2.05) is 24.3 Å². The molecule has 2 N–H and O–H groups in total. The van der Waals surface area contributed by atoms with Gasteiger partial charge < -0.3 is 5.32 Å². The van der Waals surface area contributed by atoms with Gasteiger partial charge in [0.15, 0.2) is 5.82 Å². The lowest BCUT2D eigenvalue weighted by molar-refractivity contribution is -0.115. The molecule has 0 saturated carbocycles. The molecule has 1 amide bonds. The summed E-state index contributed by atoms with van der Waals surface area (Å²) in [6.45, 7) is 0. The van der Waals surface area contributed by atoms with Crippen molar-refractivity contribution < 1.29 is 4.79 Å². The number of para-hydroxylation sites is 1. The van der Waals surface area contributed by atoms with Gasteiger partial charge in [0.2, 0.25) is 5.91 Å². The molecule has 1 saturated heterocycles. The molecule has 0 aliphatic carbocycles. The summed E-state index contributed by atoms with van der Waals surface area (Å²) in [4.78, 5) is 12.0. The molecule has 1 fully saturated rings. The molecule has 1 aromatic carbocycles. The van der Waals surface area contributed by atoms with E-state index in [4.69, 9.17) is 0 Å². The summed E-state index contributed by atoms with van der Waals surface area (Å²) in [6.07, 6.45) is 2.10. The van der Waals surface area contributed by atoms with Crippen LogP contribution in [0.25, 0.3) is 10.9 Å². The van der Waals surface area contributed by atoms with Crippen molar-refractivity contribution in [3.8, 4) is 0 Å². The minimum atomic E-state index is 0.0738. The Morgan fingerprint density at radius 2 is 2.35 bits per heavy atom. The van der Waals surface area contributed by atoms with E-state index < -0.39 is 0 Å². The fourth-order valence-corrected chi connectivity index (χ4v) is 3.20. The highest BCUT2D eigenvalue weighted by atomic mass is 32.2. The van der Waals surface area contributed by atoms with Crippen LogP contribution >= 0.6 is 11.8 Å². The summed E-state index contributed by atoms with van der Waals surface area (Å²) in [5, 5.41) is 11.0. The van der Waals surface area contributed by atoms with Crippen LogP contribution in [-0.4, -0.2) is 27.1 Å². The summed E-state index contributed by atoms with van der Waals surface area (Å²) in [5.74, 6) is 1.79. The molecule has 0 radical (unpaired) electrons. The van der Waals surface area contributed by atoms with Gasteiger partial charge in [-0.3, -0.25) is 9.89 Å². The van der Waals surface area contributed by atoms with Crippen molar-refractivity contribution >= 4 is 34.4 Å². The van der Waals surface area contributed by atoms with Crippen molar-refractivity contribution in [1.29, 1.82) is 0 Å². The van der Waals surface area contributed by atoms with Crippen LogP contribution in [0.2, 0.25) is 0 Å². The van der Waals surface area contributed by atoms with Gasteiger partial charge in [0.05, 0.1) is 10.8 Å². The number of hydrogen-bond acceptors (Lipinski definition) is 3. The highest BCUT2D eigenvalue weighted by molar-refractivity contribution is 8.00. The number of hydrogen-bond donors (Lipinski definition) is 2. The first-order valence-electron chi connectivity index (χ1n) is 5.70. The number of nitrogens with zero attached hydrogens (tertiary/aromatic N) is 1. The van der Waals surface area contributed by atoms with Crippen LogP contribution in [0.15, 0.2) is 24.3 Å². The molecule has 3 rings (SSSR count). The molecule has 1 unspecified atom stereocenters. The first kappa shape index (κ1) is 10.7. The van der Waals surface area contributed by atoms with Gasteiger partial charge in [0.25, 0.3) is 0 Å². The van der Waals surface area contributed by atoms with Crippen LogP contribution in [0, 0.1) is 0 Å². The Hall–Kier alpha value is -1.49. The lowest BCUT2D eigenvalue weighted by atomic mass is 10.2. The van der Waals surface area contributed by atoms with E-state index in [0.29, 0.717) is 5.82 Å². The number of carbonyl (C=O) groups excluding carboxylic acids is 1. The molecule has 1 aliphatic rings. The smallest absolute Gasteiger partial charge is 0.238 e. The summed E-state index contributed by atoms with van der Waals surface area (Å²) >= 11 is 1.73. The second kappa shape index (κ2) is 4.41. The molecule has 0 bridgehead atoms. The SMILES string of the molecule is O=C(Nc1n[nH]c2ccccc12)C1CCCS1. The predicted octanol–water partition coefficient (Wildman–Crippen LogP) is 2.40. The number of rotatable bonds is 2. The Balaban J connectivity index is 1.82. The molecule has 2 aromatic rings. The first-order chi connectivity index (χ1) is 8.34. The Kier molecular flexibility index (Phi) is 2.76. The van der Waals surface area contributed by atoms with Gasteiger partial charge >= 0.3 is 0 Å². The zero-order chi connectivity index (χ0) is 11.7. The zero-order valence-corrected chi connectivity index (χ0v) is 10.1. The maximum absolute atomic E-state index is 12.0. The van der Waals surface area contributed by atoms with Crippen LogP contribution in [0.3, 0.4) is 0 Å². The summed E-state index contributed by atoms with van der Waals surface area (Å²) in [7, 11) is 0. The number of thioether (sulfide) groups is 1. The van der Waals surface area contributed by atoms with Crippen molar-refractivity contribution in [1.82, 2.24) is 10.2 Å². The van der Waals surface area contributed by atoms with Gasteiger partial charge in [0, 0.05) is 5.39 Å². The lowest BCUT2D eigenvalue weighted by Crippen LogP contribution is -2.23. The average Bonchev–Trinajstić information content (AvgIpc) is 2.98. The fraction of sp³-hybridized carbons (Fsp3) is 0.333.